The molecule has 74 heavy (non-hydrogen) atoms. The van der Waals surface area contributed by atoms with Gasteiger partial charge in [0.05, 0.1) is 31.8 Å². The highest BCUT2D eigenvalue weighted by Crippen LogP contribution is 2.67. The molecule has 4 heteroatoms. The van der Waals surface area contributed by atoms with Crippen molar-refractivity contribution in [2.45, 2.75) is 65.4 Å². The standard InChI is InChI=1S/C70H56IN3/c1-67(2)59-42-47(31-35-55(59)56-37-33-53(44-60(56)67)72-41-16-19-49-18-12-13-26-63(49)72)29-30-48-32-36-57-58-38-34-54(45-62(58)70(61(57)43-48,50-20-6-3-7-21-50)51-22-8-4-9-23-51)73-64-27-14-15-28-65(64)74(52-24-10-5-11-25-52)69-40-17-39-68(71,46-69)66(69)73/h3-15,17-18,20-38,40,42-45,66H,16,19,39,41,46H2,1-2H3/b30-29+/t66?,68-,69?/m1/s1. The van der Waals surface area contributed by atoms with Gasteiger partial charge in [-0.3, -0.25) is 0 Å². The van der Waals surface area contributed by atoms with Gasteiger partial charge in [0.25, 0.3) is 0 Å². The van der Waals surface area contributed by atoms with Crippen LogP contribution < -0.4 is 14.7 Å². The van der Waals surface area contributed by atoms with Gasteiger partial charge in [-0.1, -0.05) is 212 Å². The molecule has 1 fully saturated rings. The van der Waals surface area contributed by atoms with Crippen molar-refractivity contribution in [3.8, 4) is 22.3 Å². The van der Waals surface area contributed by atoms with Gasteiger partial charge in [0.1, 0.15) is 0 Å². The van der Waals surface area contributed by atoms with Crippen LogP contribution in [0.15, 0.2) is 224 Å². The van der Waals surface area contributed by atoms with E-state index >= 15 is 0 Å². The van der Waals surface area contributed by atoms with E-state index in [9.17, 15) is 0 Å². The fourth-order valence-electron chi connectivity index (χ4n) is 14.7. The van der Waals surface area contributed by atoms with Crippen molar-refractivity contribution in [3.05, 3.63) is 275 Å². The van der Waals surface area contributed by atoms with Gasteiger partial charge in [-0.05, 0) is 159 Å². The smallest absolute Gasteiger partial charge is 0.0867 e. The topological polar surface area (TPSA) is 9.72 Å². The van der Waals surface area contributed by atoms with E-state index in [1.807, 2.05) is 0 Å². The fourth-order valence-corrected chi connectivity index (χ4v) is 16.4. The number of nitrogens with zero attached hydrogens (tertiary/aromatic N) is 3. The van der Waals surface area contributed by atoms with Gasteiger partial charge in [-0.2, -0.15) is 0 Å². The van der Waals surface area contributed by atoms with Gasteiger partial charge in [0.2, 0.25) is 0 Å². The molecule has 0 saturated heterocycles. The number of benzene rings is 9. The van der Waals surface area contributed by atoms with E-state index in [1.54, 1.807) is 0 Å². The van der Waals surface area contributed by atoms with E-state index < -0.39 is 5.41 Å². The molecule has 0 radical (unpaired) electrons. The lowest BCUT2D eigenvalue weighted by Gasteiger charge is -2.71. The minimum Gasteiger partial charge on any atom is -0.341 e. The summed E-state index contributed by atoms with van der Waals surface area (Å²) >= 11 is 2.83. The van der Waals surface area contributed by atoms with E-state index in [1.165, 1.54) is 113 Å². The number of fused-ring (bicyclic) bond motifs is 10. The summed E-state index contributed by atoms with van der Waals surface area (Å²) in [6.07, 6.45) is 14.1. The summed E-state index contributed by atoms with van der Waals surface area (Å²) in [6, 6.07) is 80.9. The highest BCUT2D eigenvalue weighted by Gasteiger charge is 2.70. The van der Waals surface area contributed by atoms with Crippen molar-refractivity contribution >= 4 is 68.9 Å². The number of anilines is 6. The predicted molar refractivity (Wildman–Crippen MR) is 317 cm³/mol. The van der Waals surface area contributed by atoms with Crippen LogP contribution in [0.2, 0.25) is 0 Å². The molecule has 1 saturated carbocycles. The first-order chi connectivity index (χ1) is 36.3. The zero-order chi connectivity index (χ0) is 49.4. The second kappa shape index (κ2) is 16.3. The zero-order valence-corrected chi connectivity index (χ0v) is 44.0. The summed E-state index contributed by atoms with van der Waals surface area (Å²) < 4.78 is 0.0781. The summed E-state index contributed by atoms with van der Waals surface area (Å²) in [4.78, 5) is 7.92. The van der Waals surface area contributed by atoms with E-state index in [0.29, 0.717) is 0 Å². The number of allylic oxidation sites excluding steroid dienone is 1. The normalized spacial score (nSPS) is 21.7. The zero-order valence-electron chi connectivity index (χ0n) is 41.8. The minimum atomic E-state index is -0.563. The van der Waals surface area contributed by atoms with Crippen molar-refractivity contribution in [1.29, 1.82) is 0 Å². The van der Waals surface area contributed by atoms with Gasteiger partial charge in [-0.25, -0.2) is 0 Å². The Kier molecular flexibility index (Phi) is 9.71. The second-order valence-corrected chi connectivity index (χ2v) is 24.3. The van der Waals surface area contributed by atoms with Gasteiger partial charge in [0.15, 0.2) is 0 Å². The Morgan fingerprint density at radius 3 is 1.72 bits per heavy atom. The lowest BCUT2D eigenvalue weighted by Crippen LogP contribution is -2.80. The maximum absolute atomic E-state index is 2.83. The number of rotatable bonds is 7. The monoisotopic (exact) mass is 1070 g/mol. The van der Waals surface area contributed by atoms with E-state index in [2.05, 4.69) is 288 Å². The molecule has 2 aliphatic heterocycles. The van der Waals surface area contributed by atoms with E-state index in [0.717, 1.165) is 25.8 Å². The molecule has 15 rings (SSSR count). The Labute approximate surface area is 449 Å². The number of halogens is 1. The number of hydrogen-bond donors (Lipinski definition) is 0. The quantitative estimate of drug-likeness (QED) is 0.0682. The predicted octanol–water partition coefficient (Wildman–Crippen LogP) is 17.5. The van der Waals surface area contributed by atoms with Gasteiger partial charge in [0, 0.05) is 34.7 Å². The Balaban J connectivity index is 0.835. The Bertz CT molecular complexity index is 3760. The molecule has 2 bridgehead atoms. The molecule has 0 aromatic heterocycles. The van der Waals surface area contributed by atoms with Crippen LogP contribution in [-0.2, 0) is 17.3 Å². The number of hydrogen-bond acceptors (Lipinski definition) is 3. The summed E-state index contributed by atoms with van der Waals surface area (Å²) in [5, 5.41) is 0. The summed E-state index contributed by atoms with van der Waals surface area (Å²) in [7, 11) is 0. The minimum absolute atomic E-state index is 0.0781. The third-order valence-corrected chi connectivity index (χ3v) is 19.3. The SMILES string of the molecule is CC1(C)c2cc(/C=C/c3ccc4c(c3)C(c3ccccc3)(c3ccccc3)c3cc(N5c6ccccc6N(c6ccccc6)C67C=CC[C@@](I)(C6)C57)ccc3-4)ccc2-c2ccc(N3CCCc4ccccc43)cc21. The molecule has 3 atom stereocenters. The van der Waals surface area contributed by atoms with Crippen molar-refractivity contribution in [1.82, 2.24) is 0 Å². The van der Waals surface area contributed by atoms with Crippen LogP contribution in [0.3, 0.4) is 0 Å². The van der Waals surface area contributed by atoms with Crippen molar-refractivity contribution in [2.24, 2.45) is 0 Å². The fraction of sp³-hybridized carbons (Fsp3) is 0.171. The van der Waals surface area contributed by atoms with Gasteiger partial charge in [-0.15, -0.1) is 0 Å². The molecular formula is C70H56IN3. The average molecular weight is 1070 g/mol. The van der Waals surface area contributed by atoms with Gasteiger partial charge >= 0.3 is 0 Å². The van der Waals surface area contributed by atoms with Crippen LogP contribution in [0.1, 0.15) is 83.2 Å². The van der Waals surface area contributed by atoms with E-state index in [4.69, 9.17) is 0 Å². The van der Waals surface area contributed by atoms with Crippen molar-refractivity contribution < 1.29 is 0 Å². The molecule has 6 aliphatic rings. The lowest BCUT2D eigenvalue weighted by atomic mass is 9.55. The first-order valence-electron chi connectivity index (χ1n) is 26.6. The Morgan fingerprint density at radius 2 is 1.03 bits per heavy atom. The molecule has 4 aliphatic carbocycles. The molecule has 358 valence electrons. The summed E-state index contributed by atoms with van der Waals surface area (Å²) in [6.45, 7) is 5.86. The highest BCUT2D eigenvalue weighted by atomic mass is 127. The van der Waals surface area contributed by atoms with Crippen LogP contribution in [0, 0.1) is 0 Å². The van der Waals surface area contributed by atoms with Crippen molar-refractivity contribution in [2.75, 3.05) is 21.2 Å². The molecule has 3 nitrogen and oxygen atoms in total. The summed E-state index contributed by atoms with van der Waals surface area (Å²) in [5.41, 5.74) is 23.9. The largest absolute Gasteiger partial charge is 0.341 e. The highest BCUT2D eigenvalue weighted by molar-refractivity contribution is 14.1. The van der Waals surface area contributed by atoms with Crippen LogP contribution >= 0.6 is 22.6 Å². The number of aryl methyl sites for hydroxylation is 1. The summed E-state index contributed by atoms with van der Waals surface area (Å²) in [5.74, 6) is 0. The maximum Gasteiger partial charge on any atom is 0.0867 e. The second-order valence-electron chi connectivity index (χ2n) is 22.1. The number of para-hydroxylation sites is 4. The van der Waals surface area contributed by atoms with Crippen LogP contribution in [0.5, 0.6) is 0 Å². The van der Waals surface area contributed by atoms with E-state index in [-0.39, 0.29) is 20.4 Å². The van der Waals surface area contributed by atoms with Crippen molar-refractivity contribution in [3.63, 3.8) is 0 Å². The molecule has 0 amide bonds. The first kappa shape index (κ1) is 44.1. The molecule has 9 aromatic rings. The number of alkyl halides is 1. The van der Waals surface area contributed by atoms with Crippen LogP contribution in [-0.4, -0.2) is 21.5 Å². The Morgan fingerprint density at radius 1 is 0.500 bits per heavy atom. The lowest BCUT2D eigenvalue weighted by molar-refractivity contribution is 0.173. The first-order valence-corrected chi connectivity index (χ1v) is 27.7. The molecule has 9 aromatic carbocycles. The Hall–Kier alpha value is -7.41. The molecule has 1 spiro atoms. The molecule has 0 N–H and O–H groups in total. The van der Waals surface area contributed by atoms with Gasteiger partial charge < -0.3 is 14.7 Å². The third-order valence-electron chi connectivity index (χ3n) is 17.9. The van der Waals surface area contributed by atoms with Crippen LogP contribution in [0.25, 0.3) is 34.4 Å². The molecule has 2 unspecified atom stereocenters. The van der Waals surface area contributed by atoms with Crippen LogP contribution in [0.4, 0.5) is 34.1 Å². The maximum atomic E-state index is 2.83. The average Bonchev–Trinajstić information content (AvgIpc) is 4.01. The molecule has 2 heterocycles. The molecular weight excluding hydrogens is 1010 g/mol. The third kappa shape index (κ3) is 6.18.